The second-order valence-electron chi connectivity index (χ2n) is 5.95. The van der Waals surface area contributed by atoms with E-state index >= 15 is 0 Å². The summed E-state index contributed by atoms with van der Waals surface area (Å²) in [6, 6.07) is 0. The topological polar surface area (TPSA) is 114 Å². The first-order valence-electron chi connectivity index (χ1n) is 8.57. The van der Waals surface area contributed by atoms with Crippen LogP contribution < -0.4 is 0 Å². The van der Waals surface area contributed by atoms with Crippen molar-refractivity contribution in [3.63, 3.8) is 0 Å². The molecule has 14 heteroatoms. The Bertz CT molecular complexity index is 612. The van der Waals surface area contributed by atoms with E-state index in [4.69, 9.17) is 13.6 Å². The molecule has 3 atom stereocenters. The van der Waals surface area contributed by atoms with E-state index in [2.05, 4.69) is 0 Å². The molecule has 0 saturated heterocycles. The summed E-state index contributed by atoms with van der Waals surface area (Å²) in [5.41, 5.74) is 0. The summed E-state index contributed by atoms with van der Waals surface area (Å²) in [6.07, 6.45) is 0. The van der Waals surface area contributed by atoms with E-state index in [1.165, 1.54) is 35.3 Å². The molecule has 0 aromatic carbocycles. The van der Waals surface area contributed by atoms with Gasteiger partial charge in [-0.3, -0.25) is 0 Å². The van der Waals surface area contributed by atoms with E-state index < -0.39 is 41.4 Å². The standard InChI is InChI=1S/C15H21O7PS6/c16-23(20-13-7-24-1-4-27(17)10-13,21-14-8-25-2-5-28(18)11-14)22-15-9-26-3-6-29(19)12-15/h7-9H,1-6,10-12H2. The minimum absolute atomic E-state index is 0.114. The van der Waals surface area contributed by atoms with Crippen LogP contribution in [0.4, 0.5) is 0 Å². The van der Waals surface area contributed by atoms with Crippen LogP contribution in [0.15, 0.2) is 33.5 Å². The Kier molecular flexibility index (Phi) is 10.3. The van der Waals surface area contributed by atoms with E-state index in [0.29, 0.717) is 34.5 Å². The Morgan fingerprint density at radius 2 is 1.00 bits per heavy atom. The number of hydrogen-bond acceptors (Lipinski definition) is 10. The number of thioether (sulfide) groups is 3. The van der Waals surface area contributed by atoms with Gasteiger partial charge < -0.3 is 27.2 Å². The van der Waals surface area contributed by atoms with Gasteiger partial charge in [0.2, 0.25) is 0 Å². The average molecular weight is 537 g/mol. The number of hydrogen-bond donors (Lipinski definition) is 0. The van der Waals surface area contributed by atoms with Gasteiger partial charge in [0.05, 0.1) is 0 Å². The van der Waals surface area contributed by atoms with Crippen LogP contribution in [0.5, 0.6) is 0 Å². The van der Waals surface area contributed by atoms with Gasteiger partial charge in [0.1, 0.15) is 17.3 Å². The van der Waals surface area contributed by atoms with Gasteiger partial charge in [0.15, 0.2) is 34.5 Å². The maximum absolute atomic E-state index is 13.6. The lowest BCUT2D eigenvalue weighted by Crippen LogP contribution is -2.17. The van der Waals surface area contributed by atoms with Crippen molar-refractivity contribution in [2.24, 2.45) is 0 Å². The van der Waals surface area contributed by atoms with Gasteiger partial charge in [-0.15, -0.1) is 35.3 Å². The normalized spacial score (nSPS) is 31.0. The van der Waals surface area contributed by atoms with Crippen LogP contribution in [0, 0.1) is 0 Å². The van der Waals surface area contributed by atoms with Crippen LogP contribution in [0.3, 0.4) is 0 Å². The van der Waals surface area contributed by atoms with Crippen LogP contribution in [0.2, 0.25) is 0 Å². The summed E-state index contributed by atoms with van der Waals surface area (Å²) in [7, 11) is -4.21. The molecule has 29 heavy (non-hydrogen) atoms. The lowest BCUT2D eigenvalue weighted by Gasteiger charge is -2.22. The van der Waals surface area contributed by atoms with Crippen LogP contribution in [-0.4, -0.2) is 65.4 Å². The summed E-state index contributed by atoms with van der Waals surface area (Å²) in [4.78, 5) is 0. The third-order valence-electron chi connectivity index (χ3n) is 3.53. The second-order valence-corrected chi connectivity index (χ2v) is 15.1. The van der Waals surface area contributed by atoms with Gasteiger partial charge in [-0.2, -0.15) is 4.57 Å². The zero-order valence-electron chi connectivity index (χ0n) is 15.4. The lowest BCUT2D eigenvalue weighted by molar-refractivity contribution is 0.197. The van der Waals surface area contributed by atoms with Gasteiger partial charge in [-0.1, -0.05) is 0 Å². The number of phosphoric acid groups is 1. The zero-order chi connectivity index (χ0) is 20.7. The van der Waals surface area contributed by atoms with Crippen molar-refractivity contribution < 1.29 is 31.8 Å². The molecule has 3 aliphatic rings. The highest BCUT2D eigenvalue weighted by atomic mass is 32.2. The second kappa shape index (κ2) is 12.2. The Hall–Kier alpha value is 0.830. The lowest BCUT2D eigenvalue weighted by atomic mass is 10.7. The van der Waals surface area contributed by atoms with Gasteiger partial charge in [-0.25, -0.2) is 0 Å². The Morgan fingerprint density at radius 1 is 0.690 bits per heavy atom. The predicted octanol–water partition coefficient (Wildman–Crippen LogP) is 3.16. The molecule has 0 N–H and O–H groups in total. The van der Waals surface area contributed by atoms with Crippen molar-refractivity contribution in [1.82, 2.24) is 0 Å². The molecule has 0 aliphatic carbocycles. The molecule has 0 bridgehead atoms. The molecule has 3 aliphatic heterocycles. The Labute approximate surface area is 192 Å². The van der Waals surface area contributed by atoms with Crippen molar-refractivity contribution in [2.45, 2.75) is 0 Å². The fourth-order valence-electron chi connectivity index (χ4n) is 2.30. The van der Waals surface area contributed by atoms with Gasteiger partial charge in [-0.05, 0) is 33.5 Å². The SMILES string of the molecule is O=P(OC1=CSCC[S+]([O-])C1)(OC1=CSCC[S+]([O-])C1)OC1=CSCC[S+]([O-])C1. The molecule has 0 fully saturated rings. The number of phosphoric ester groups is 1. The molecule has 0 aromatic heterocycles. The van der Waals surface area contributed by atoms with Crippen molar-refractivity contribution >= 4 is 76.6 Å². The summed E-state index contributed by atoms with van der Waals surface area (Å²) in [6.45, 7) is 0. The third-order valence-corrected chi connectivity index (χ3v) is 12.1. The first kappa shape index (κ1) is 24.5. The molecule has 0 radical (unpaired) electrons. The molecular formula is C15H21O7PS6. The number of rotatable bonds is 6. The van der Waals surface area contributed by atoms with E-state index in [9.17, 15) is 18.2 Å². The van der Waals surface area contributed by atoms with Gasteiger partial charge in [0, 0.05) is 33.5 Å². The molecule has 0 amide bonds. The largest absolute Gasteiger partial charge is 0.646 e. The Balaban J connectivity index is 1.79. The van der Waals surface area contributed by atoms with Crippen LogP contribution in [0.1, 0.15) is 0 Å². The van der Waals surface area contributed by atoms with E-state index in [-0.39, 0.29) is 34.5 Å². The highest BCUT2D eigenvalue weighted by molar-refractivity contribution is 8.04. The van der Waals surface area contributed by atoms with Crippen molar-refractivity contribution in [2.75, 3.05) is 51.8 Å². The average Bonchev–Trinajstić information content (AvgIpc) is 3.06. The van der Waals surface area contributed by atoms with E-state index in [1.54, 1.807) is 16.2 Å². The van der Waals surface area contributed by atoms with Gasteiger partial charge >= 0.3 is 7.82 Å². The third kappa shape index (κ3) is 8.70. The van der Waals surface area contributed by atoms with Crippen molar-refractivity contribution in [3.05, 3.63) is 33.5 Å². The monoisotopic (exact) mass is 536 g/mol. The fraction of sp³-hybridized carbons (Fsp3) is 0.600. The predicted molar refractivity (Wildman–Crippen MR) is 126 cm³/mol. The molecule has 7 nitrogen and oxygen atoms in total. The molecule has 0 spiro atoms. The minimum atomic E-state index is -4.21. The summed E-state index contributed by atoms with van der Waals surface area (Å²) in [5, 5.41) is 5.02. The molecule has 0 saturated carbocycles. The maximum Gasteiger partial charge on any atom is 0.646 e. The molecule has 0 aromatic rings. The van der Waals surface area contributed by atoms with Crippen molar-refractivity contribution in [1.29, 1.82) is 0 Å². The van der Waals surface area contributed by atoms with Crippen LogP contribution in [-0.2, 0) is 51.7 Å². The first-order valence-corrected chi connectivity index (χ1v) is 17.6. The summed E-state index contributed by atoms with van der Waals surface area (Å²) in [5.74, 6) is 4.70. The van der Waals surface area contributed by atoms with E-state index in [0.717, 1.165) is 0 Å². The molecule has 164 valence electrons. The zero-order valence-corrected chi connectivity index (χ0v) is 21.1. The van der Waals surface area contributed by atoms with E-state index in [1.807, 2.05) is 0 Å². The highest BCUT2D eigenvalue weighted by Gasteiger charge is 2.39. The minimum Gasteiger partial charge on any atom is -0.616 e. The summed E-state index contributed by atoms with van der Waals surface area (Å²) < 4.78 is 66.6. The fourth-order valence-corrected chi connectivity index (χ4v) is 10.9. The first-order chi connectivity index (χ1) is 13.9. The van der Waals surface area contributed by atoms with Crippen molar-refractivity contribution in [3.8, 4) is 0 Å². The maximum atomic E-state index is 13.6. The van der Waals surface area contributed by atoms with Crippen LogP contribution >= 0.6 is 43.1 Å². The van der Waals surface area contributed by atoms with Crippen LogP contribution in [0.25, 0.3) is 0 Å². The molecule has 3 unspecified atom stereocenters. The quantitative estimate of drug-likeness (QED) is 0.370. The highest BCUT2D eigenvalue weighted by Crippen LogP contribution is 2.56. The molecule has 3 rings (SSSR count). The Morgan fingerprint density at radius 3 is 1.31 bits per heavy atom. The van der Waals surface area contributed by atoms with Gasteiger partial charge in [0.25, 0.3) is 0 Å². The molecule has 3 heterocycles. The molecular weight excluding hydrogens is 516 g/mol. The summed E-state index contributed by atoms with van der Waals surface area (Å²) >= 11 is 0.861. The smallest absolute Gasteiger partial charge is 0.616 e.